The monoisotopic (exact) mass is 620 g/mol. The zero-order chi connectivity index (χ0) is 19.4. The third kappa shape index (κ3) is 2.89. The van der Waals surface area contributed by atoms with Gasteiger partial charge in [-0.15, -0.1) is 0 Å². The summed E-state index contributed by atoms with van der Waals surface area (Å²) < 4.78 is 1.50. The van der Waals surface area contributed by atoms with Crippen molar-refractivity contribution in [3.63, 3.8) is 0 Å². The summed E-state index contributed by atoms with van der Waals surface area (Å²) in [7, 11) is 0. The summed E-state index contributed by atoms with van der Waals surface area (Å²) in [6.45, 7) is 0. The normalized spacial score (nSPS) is 11.6. The number of fused-ring (bicyclic) bond motifs is 4. The van der Waals surface area contributed by atoms with Gasteiger partial charge < -0.3 is 0 Å². The molecule has 0 aliphatic heterocycles. The summed E-state index contributed by atoms with van der Waals surface area (Å²) in [6, 6.07) is 15.6. The quantitative estimate of drug-likeness (QED) is 0.211. The van der Waals surface area contributed by atoms with Crippen LogP contribution < -0.4 is 10.4 Å². The number of hydrogen-bond acceptors (Lipinski definition) is 4. The van der Waals surface area contributed by atoms with Gasteiger partial charge in [0.2, 0.25) is 0 Å². The molecule has 2 aromatic heterocycles. The van der Waals surface area contributed by atoms with Crippen molar-refractivity contribution in [2.45, 2.75) is 0 Å². The largest absolute Gasteiger partial charge is 0.244 e. The molecule has 0 N–H and O–H groups in total. The minimum Gasteiger partial charge on any atom is -0.244 e. The fourth-order valence-electron chi connectivity index (χ4n) is 3.28. The molecule has 2 heterocycles. The molecule has 0 unspecified atom stereocenters. The highest BCUT2D eigenvalue weighted by molar-refractivity contribution is 9.34. The van der Waals surface area contributed by atoms with Gasteiger partial charge in [0.1, 0.15) is 22.1 Å². The Morgan fingerprint density at radius 3 is 0.929 bits per heavy atom. The molecule has 4 nitrogen and oxygen atoms in total. The molecule has 3 aromatic carbocycles. The van der Waals surface area contributed by atoms with E-state index in [-0.39, 0.29) is 0 Å². The van der Waals surface area contributed by atoms with E-state index in [1.807, 2.05) is 48.5 Å². The van der Waals surface area contributed by atoms with Gasteiger partial charge in [0, 0.05) is 0 Å². The van der Waals surface area contributed by atoms with Crippen LogP contribution in [0.1, 0.15) is 0 Å². The predicted octanol–water partition coefficient (Wildman–Crippen LogP) is 5.59. The lowest BCUT2D eigenvalue weighted by Crippen LogP contribution is -2.20. The summed E-state index contributed by atoms with van der Waals surface area (Å²) in [5, 5.41) is 1.65. The maximum absolute atomic E-state index is 4.91. The summed E-state index contributed by atoms with van der Waals surface area (Å²) in [6.07, 6.45) is 0. The SMILES string of the molecule is BrC(Br)=c1c2nc3ccccc3nc2c(=C(Br)Br)c2nc3ccccc3nc12. The maximum Gasteiger partial charge on any atom is 0.101 e. The van der Waals surface area contributed by atoms with Gasteiger partial charge in [-0.1, -0.05) is 24.3 Å². The number of halogens is 4. The maximum atomic E-state index is 4.91. The van der Waals surface area contributed by atoms with Crippen LogP contribution in [-0.2, 0) is 0 Å². The molecule has 0 saturated carbocycles. The van der Waals surface area contributed by atoms with Crippen molar-refractivity contribution in [2.75, 3.05) is 0 Å². The molecule has 5 aromatic rings. The number of hydrogen-bond donors (Lipinski definition) is 0. The van der Waals surface area contributed by atoms with Crippen molar-refractivity contribution in [3.8, 4) is 0 Å². The number of aromatic nitrogens is 4. The first-order valence-electron chi connectivity index (χ1n) is 8.20. The summed E-state index contributed by atoms with van der Waals surface area (Å²) in [5.41, 5.74) is 6.25. The van der Waals surface area contributed by atoms with Crippen molar-refractivity contribution < 1.29 is 0 Å². The average molecular weight is 624 g/mol. The lowest BCUT2D eigenvalue weighted by molar-refractivity contribution is 1.33. The van der Waals surface area contributed by atoms with E-state index in [4.69, 9.17) is 19.9 Å². The molecule has 0 aliphatic rings. The second-order valence-corrected chi connectivity index (χ2v) is 11.4. The Bertz CT molecular complexity index is 1340. The van der Waals surface area contributed by atoms with Gasteiger partial charge in [-0.2, -0.15) is 0 Å². The summed E-state index contributed by atoms with van der Waals surface area (Å²) >= 11 is 14.3. The average Bonchev–Trinajstić information content (AvgIpc) is 2.68. The van der Waals surface area contributed by atoms with E-state index >= 15 is 0 Å². The second kappa shape index (κ2) is 7.09. The van der Waals surface area contributed by atoms with Crippen LogP contribution in [0.4, 0.5) is 0 Å². The van der Waals surface area contributed by atoms with Gasteiger partial charge in [-0.3, -0.25) is 0 Å². The number of nitrogens with zero attached hydrogens (tertiary/aromatic N) is 4. The molecular formula is C20H8Br4N4. The molecule has 0 bridgehead atoms. The van der Waals surface area contributed by atoms with Gasteiger partial charge in [-0.05, 0) is 88.0 Å². The summed E-state index contributed by atoms with van der Waals surface area (Å²) in [4.78, 5) is 19.6. The minimum atomic E-state index is 0.742. The number of benzene rings is 3. The molecule has 0 radical (unpaired) electrons. The zero-order valence-electron chi connectivity index (χ0n) is 13.9. The van der Waals surface area contributed by atoms with Crippen LogP contribution in [-0.4, -0.2) is 19.9 Å². The van der Waals surface area contributed by atoms with Crippen LogP contribution in [0, 0.1) is 0 Å². The van der Waals surface area contributed by atoms with E-state index in [0.717, 1.165) is 61.4 Å². The smallest absolute Gasteiger partial charge is 0.101 e. The standard InChI is InChI=1S/C20H8Br4N4/c21-19(22)13-15-16(26-10-6-2-1-5-9(10)25-15)14(20(23)24)18-17(13)27-11-7-3-4-8-12(11)28-18/h1-8H. The van der Waals surface area contributed by atoms with Gasteiger partial charge in [0.05, 0.1) is 39.3 Å². The van der Waals surface area contributed by atoms with E-state index in [0.29, 0.717) is 0 Å². The van der Waals surface area contributed by atoms with Crippen LogP contribution >= 0.6 is 63.7 Å². The Balaban J connectivity index is 2.22. The van der Waals surface area contributed by atoms with Gasteiger partial charge >= 0.3 is 0 Å². The second-order valence-electron chi connectivity index (χ2n) is 6.09. The lowest BCUT2D eigenvalue weighted by atomic mass is 10.1. The molecule has 136 valence electrons. The number of rotatable bonds is 0. The van der Waals surface area contributed by atoms with Crippen LogP contribution in [0.25, 0.3) is 50.9 Å². The van der Waals surface area contributed by atoms with Crippen LogP contribution in [0.3, 0.4) is 0 Å². The van der Waals surface area contributed by atoms with E-state index in [2.05, 4.69) is 63.7 Å². The molecule has 0 atom stereocenters. The predicted molar refractivity (Wildman–Crippen MR) is 129 cm³/mol. The van der Waals surface area contributed by atoms with Gasteiger partial charge in [0.25, 0.3) is 0 Å². The third-order valence-corrected chi connectivity index (χ3v) is 6.05. The Labute approximate surface area is 192 Å². The molecule has 0 saturated heterocycles. The first-order valence-corrected chi connectivity index (χ1v) is 11.4. The lowest BCUT2D eigenvalue weighted by Gasteiger charge is -2.09. The van der Waals surface area contributed by atoms with Crippen LogP contribution in [0.2, 0.25) is 0 Å². The third-order valence-electron chi connectivity index (χ3n) is 4.47. The Kier molecular flexibility index (Phi) is 4.70. The Morgan fingerprint density at radius 2 is 0.714 bits per heavy atom. The molecular weight excluding hydrogens is 616 g/mol. The van der Waals surface area contributed by atoms with E-state index in [1.165, 1.54) is 0 Å². The highest BCUT2D eigenvalue weighted by atomic mass is 79.9. The van der Waals surface area contributed by atoms with Crippen molar-refractivity contribution in [1.82, 2.24) is 19.9 Å². The zero-order valence-corrected chi connectivity index (χ0v) is 20.3. The molecule has 0 aliphatic carbocycles. The molecule has 0 fully saturated rings. The van der Waals surface area contributed by atoms with Crippen molar-refractivity contribution >= 4 is 115 Å². The molecule has 8 heteroatoms. The van der Waals surface area contributed by atoms with E-state index in [1.54, 1.807) is 0 Å². The topological polar surface area (TPSA) is 51.6 Å². The van der Waals surface area contributed by atoms with E-state index < -0.39 is 0 Å². The Morgan fingerprint density at radius 1 is 0.464 bits per heavy atom. The van der Waals surface area contributed by atoms with Crippen LogP contribution in [0.15, 0.2) is 48.5 Å². The fourth-order valence-corrected chi connectivity index (χ4v) is 4.78. The highest BCUT2D eigenvalue weighted by Gasteiger charge is 2.16. The first kappa shape index (κ1) is 18.5. The van der Waals surface area contributed by atoms with Gasteiger partial charge in [0.15, 0.2) is 0 Å². The highest BCUT2D eigenvalue weighted by Crippen LogP contribution is 2.23. The van der Waals surface area contributed by atoms with Crippen LogP contribution in [0.5, 0.6) is 0 Å². The molecule has 0 amide bonds. The first-order chi connectivity index (χ1) is 13.5. The van der Waals surface area contributed by atoms with Gasteiger partial charge in [-0.25, -0.2) is 19.9 Å². The molecule has 5 rings (SSSR count). The van der Waals surface area contributed by atoms with E-state index in [9.17, 15) is 0 Å². The van der Waals surface area contributed by atoms with Crippen molar-refractivity contribution in [1.29, 1.82) is 0 Å². The molecule has 28 heavy (non-hydrogen) atoms. The fraction of sp³-hybridized carbons (Fsp3) is 0. The minimum absolute atomic E-state index is 0.742. The Hall–Kier alpha value is -1.48. The van der Waals surface area contributed by atoms with Crippen molar-refractivity contribution in [2.24, 2.45) is 0 Å². The molecule has 0 spiro atoms. The number of para-hydroxylation sites is 4. The summed E-state index contributed by atoms with van der Waals surface area (Å²) in [5.74, 6) is 0. The van der Waals surface area contributed by atoms with Crippen molar-refractivity contribution in [3.05, 3.63) is 59.0 Å².